The first-order valence-electron chi connectivity index (χ1n) is 8.79. The summed E-state index contributed by atoms with van der Waals surface area (Å²) in [4.78, 5) is 4.34. The molecular formula is C21H18N2O5S. The van der Waals surface area contributed by atoms with Crippen molar-refractivity contribution in [2.45, 2.75) is 16.5 Å². The van der Waals surface area contributed by atoms with E-state index in [1.54, 1.807) is 37.4 Å². The molecule has 148 valence electrons. The Hall–Kier alpha value is -3.52. The van der Waals surface area contributed by atoms with E-state index in [9.17, 15) is 8.42 Å². The molecule has 0 spiro atoms. The first kappa shape index (κ1) is 18.8. The van der Waals surface area contributed by atoms with Crippen LogP contribution in [0.3, 0.4) is 0 Å². The Labute approximate surface area is 167 Å². The molecule has 2 aromatic carbocycles. The second kappa shape index (κ2) is 7.84. The highest BCUT2D eigenvalue weighted by atomic mass is 32.2. The van der Waals surface area contributed by atoms with Crippen molar-refractivity contribution in [2.75, 3.05) is 12.4 Å². The molecule has 1 N–H and O–H groups in total. The molecule has 2 aromatic heterocycles. The molecule has 0 aliphatic carbocycles. The zero-order valence-corrected chi connectivity index (χ0v) is 16.3. The van der Waals surface area contributed by atoms with Crippen molar-refractivity contribution in [2.24, 2.45) is 0 Å². The highest BCUT2D eigenvalue weighted by molar-refractivity contribution is 7.91. The van der Waals surface area contributed by atoms with Gasteiger partial charge in [-0.15, -0.1) is 0 Å². The van der Waals surface area contributed by atoms with Crippen LogP contribution in [0.25, 0.3) is 11.7 Å². The van der Waals surface area contributed by atoms with Crippen molar-refractivity contribution in [1.29, 1.82) is 0 Å². The molecule has 4 aromatic rings. The number of hydrogen-bond donors (Lipinski definition) is 1. The van der Waals surface area contributed by atoms with Gasteiger partial charge in [-0.3, -0.25) is 0 Å². The quantitative estimate of drug-likeness (QED) is 0.483. The maximum Gasteiger partial charge on any atom is 0.266 e. The molecule has 0 aliphatic heterocycles. The Balaban J connectivity index is 1.72. The second-order valence-electron chi connectivity index (χ2n) is 6.15. The number of furan rings is 1. The zero-order chi connectivity index (χ0) is 20.3. The molecule has 0 atom stereocenters. The predicted molar refractivity (Wildman–Crippen MR) is 106 cm³/mol. The van der Waals surface area contributed by atoms with E-state index in [1.807, 2.05) is 24.3 Å². The molecule has 0 radical (unpaired) electrons. The van der Waals surface area contributed by atoms with Crippen molar-refractivity contribution in [3.63, 3.8) is 0 Å². The molecule has 0 saturated carbocycles. The summed E-state index contributed by atoms with van der Waals surface area (Å²) in [6.45, 7) is 0.321. The molecule has 0 unspecified atom stereocenters. The average Bonchev–Trinajstić information content (AvgIpc) is 3.43. The maximum absolute atomic E-state index is 13.1. The number of anilines is 1. The molecule has 4 rings (SSSR count). The highest BCUT2D eigenvalue weighted by Crippen LogP contribution is 2.32. The summed E-state index contributed by atoms with van der Waals surface area (Å²) in [6.07, 6.45) is 1.47. The van der Waals surface area contributed by atoms with Gasteiger partial charge in [0.2, 0.25) is 20.7 Å². The average molecular weight is 410 g/mol. The Morgan fingerprint density at radius 2 is 1.86 bits per heavy atom. The van der Waals surface area contributed by atoms with Crippen LogP contribution in [0.15, 0.2) is 91.7 Å². The van der Waals surface area contributed by atoms with Gasteiger partial charge in [-0.25, -0.2) is 8.42 Å². The Morgan fingerprint density at radius 1 is 1.03 bits per heavy atom. The van der Waals surface area contributed by atoms with Crippen LogP contribution in [0.4, 0.5) is 5.88 Å². The number of rotatable bonds is 7. The first-order valence-corrected chi connectivity index (χ1v) is 10.3. The zero-order valence-electron chi connectivity index (χ0n) is 15.5. The van der Waals surface area contributed by atoms with E-state index in [4.69, 9.17) is 13.6 Å². The van der Waals surface area contributed by atoms with Crippen molar-refractivity contribution in [3.05, 3.63) is 78.6 Å². The lowest BCUT2D eigenvalue weighted by Gasteiger charge is -2.07. The molecule has 0 bridgehead atoms. The van der Waals surface area contributed by atoms with Gasteiger partial charge in [0.15, 0.2) is 5.76 Å². The van der Waals surface area contributed by atoms with Gasteiger partial charge in [0, 0.05) is 6.54 Å². The summed E-state index contributed by atoms with van der Waals surface area (Å²) in [5, 5.41) is 2.84. The molecule has 0 aliphatic rings. The number of hydrogen-bond acceptors (Lipinski definition) is 7. The molecule has 0 amide bonds. The van der Waals surface area contributed by atoms with Crippen molar-refractivity contribution < 1.29 is 22.0 Å². The third-order valence-electron chi connectivity index (χ3n) is 4.22. The van der Waals surface area contributed by atoms with Crippen molar-refractivity contribution in [3.8, 4) is 17.4 Å². The van der Waals surface area contributed by atoms with Crippen LogP contribution in [0.5, 0.6) is 5.75 Å². The number of benzene rings is 2. The van der Waals surface area contributed by atoms with Crippen LogP contribution in [-0.4, -0.2) is 20.5 Å². The van der Waals surface area contributed by atoms with Crippen LogP contribution in [0.1, 0.15) is 5.56 Å². The smallest absolute Gasteiger partial charge is 0.266 e. The molecule has 8 heteroatoms. The van der Waals surface area contributed by atoms with Gasteiger partial charge in [0.25, 0.3) is 5.89 Å². The lowest BCUT2D eigenvalue weighted by atomic mass is 10.2. The van der Waals surface area contributed by atoms with E-state index in [1.165, 1.54) is 18.4 Å². The standard InChI is InChI=1S/C21H18N2O5S/c1-26-16-8-5-7-15(13-16)14-22-20-21(23-19(28-20)18-11-6-12-27-18)29(24,25)17-9-3-2-4-10-17/h2-13,22H,14H2,1H3. The van der Waals surface area contributed by atoms with E-state index in [0.29, 0.717) is 18.1 Å². The number of oxazole rings is 1. The normalized spacial score (nSPS) is 11.3. The van der Waals surface area contributed by atoms with Gasteiger partial charge < -0.3 is 18.9 Å². The lowest BCUT2D eigenvalue weighted by Crippen LogP contribution is -2.07. The highest BCUT2D eigenvalue weighted by Gasteiger charge is 2.29. The van der Waals surface area contributed by atoms with Gasteiger partial charge in [-0.1, -0.05) is 30.3 Å². The third kappa shape index (κ3) is 3.88. The minimum atomic E-state index is -3.89. The summed E-state index contributed by atoms with van der Waals surface area (Å²) in [6, 6.07) is 18.8. The fourth-order valence-corrected chi connectivity index (χ4v) is 4.08. The number of nitrogens with zero attached hydrogens (tertiary/aromatic N) is 1. The number of methoxy groups -OCH3 is 1. The molecule has 29 heavy (non-hydrogen) atoms. The van der Waals surface area contributed by atoms with E-state index in [-0.39, 0.29) is 21.7 Å². The molecular weight excluding hydrogens is 392 g/mol. The molecule has 0 fully saturated rings. The van der Waals surface area contributed by atoms with Gasteiger partial charge in [-0.2, -0.15) is 4.98 Å². The fraction of sp³-hybridized carbons (Fsp3) is 0.0952. The minimum Gasteiger partial charge on any atom is -0.497 e. The summed E-state index contributed by atoms with van der Waals surface area (Å²) in [5.74, 6) is 1.17. The van der Waals surface area contributed by atoms with Crippen LogP contribution in [0, 0.1) is 0 Å². The third-order valence-corrected chi connectivity index (χ3v) is 5.90. The summed E-state index contributed by atoms with van der Waals surface area (Å²) >= 11 is 0. The number of sulfone groups is 1. The summed E-state index contributed by atoms with van der Waals surface area (Å²) in [7, 11) is -2.30. The Kier molecular flexibility index (Phi) is 5.09. The summed E-state index contributed by atoms with van der Waals surface area (Å²) in [5.41, 5.74) is 0.892. The first-order chi connectivity index (χ1) is 14.1. The van der Waals surface area contributed by atoms with Gasteiger partial charge >= 0.3 is 0 Å². The number of ether oxygens (including phenoxy) is 1. The van der Waals surface area contributed by atoms with Crippen LogP contribution in [-0.2, 0) is 16.4 Å². The van der Waals surface area contributed by atoms with E-state index in [2.05, 4.69) is 10.3 Å². The van der Waals surface area contributed by atoms with Crippen LogP contribution >= 0.6 is 0 Å². The monoisotopic (exact) mass is 410 g/mol. The predicted octanol–water partition coefficient (Wildman–Crippen LogP) is 4.39. The summed E-state index contributed by atoms with van der Waals surface area (Å²) < 4.78 is 42.5. The van der Waals surface area contributed by atoms with Crippen molar-refractivity contribution >= 4 is 15.7 Å². The molecule has 2 heterocycles. The van der Waals surface area contributed by atoms with E-state index < -0.39 is 9.84 Å². The minimum absolute atomic E-state index is 0.0445. The second-order valence-corrected chi connectivity index (χ2v) is 8.02. The van der Waals surface area contributed by atoms with Crippen LogP contribution < -0.4 is 10.1 Å². The topological polar surface area (TPSA) is 94.6 Å². The fourth-order valence-electron chi connectivity index (χ4n) is 2.78. The van der Waals surface area contributed by atoms with Gasteiger partial charge in [-0.05, 0) is 42.0 Å². The Morgan fingerprint density at radius 3 is 2.59 bits per heavy atom. The SMILES string of the molecule is COc1cccc(CNc2oc(-c3ccco3)nc2S(=O)(=O)c2ccccc2)c1. The number of nitrogens with one attached hydrogen (secondary N) is 1. The molecule has 0 saturated heterocycles. The lowest BCUT2D eigenvalue weighted by molar-refractivity contribution is 0.414. The molecule has 7 nitrogen and oxygen atoms in total. The largest absolute Gasteiger partial charge is 0.497 e. The van der Waals surface area contributed by atoms with E-state index >= 15 is 0 Å². The van der Waals surface area contributed by atoms with Gasteiger partial charge in [0.1, 0.15) is 5.75 Å². The number of aromatic nitrogens is 1. The maximum atomic E-state index is 13.1. The van der Waals surface area contributed by atoms with E-state index in [0.717, 1.165) is 5.56 Å². The van der Waals surface area contributed by atoms with Crippen molar-refractivity contribution in [1.82, 2.24) is 4.98 Å². The van der Waals surface area contributed by atoms with Crippen LogP contribution in [0.2, 0.25) is 0 Å². The van der Waals surface area contributed by atoms with Gasteiger partial charge in [0.05, 0.1) is 18.3 Å². The Bertz CT molecular complexity index is 1200.